The van der Waals surface area contributed by atoms with Crippen molar-refractivity contribution in [2.45, 2.75) is 20.3 Å². The molecule has 0 radical (unpaired) electrons. The van der Waals surface area contributed by atoms with Crippen molar-refractivity contribution in [1.29, 1.82) is 0 Å². The number of carbonyl (C=O) groups excluding carboxylic acids is 1. The predicted octanol–water partition coefficient (Wildman–Crippen LogP) is 1.70. The van der Waals surface area contributed by atoms with Crippen LogP contribution in [0.4, 0.5) is 0 Å². The minimum absolute atomic E-state index is 0.0516. The van der Waals surface area contributed by atoms with Gasteiger partial charge in [0, 0.05) is 13.1 Å². The maximum absolute atomic E-state index is 11.9. The molecule has 1 N–H and O–H groups in total. The third-order valence-electron chi connectivity index (χ3n) is 2.68. The highest BCUT2D eigenvalue weighted by molar-refractivity contribution is 5.78. The number of benzene rings is 1. The molecule has 0 aliphatic rings. The number of carboxylic acid groups (broad SMARTS) is 1. The van der Waals surface area contributed by atoms with Gasteiger partial charge in [0.15, 0.2) is 6.61 Å². The standard InChI is InChI=1S/C14H19NO4/c1-3-15(8-7-14(17)18)13(16)10-19-12-6-4-5-11(2)9-12/h4-6,9H,3,7-8,10H2,1-2H3,(H,17,18). The Morgan fingerprint density at radius 1 is 1.37 bits per heavy atom. The topological polar surface area (TPSA) is 66.8 Å². The maximum Gasteiger partial charge on any atom is 0.305 e. The summed E-state index contributed by atoms with van der Waals surface area (Å²) >= 11 is 0. The molecule has 0 fully saturated rings. The van der Waals surface area contributed by atoms with Gasteiger partial charge >= 0.3 is 5.97 Å². The molecule has 0 aliphatic heterocycles. The van der Waals surface area contributed by atoms with Crippen LogP contribution >= 0.6 is 0 Å². The molecule has 0 atom stereocenters. The first-order valence-electron chi connectivity index (χ1n) is 6.22. The summed E-state index contributed by atoms with van der Waals surface area (Å²) in [5.41, 5.74) is 1.06. The Kier molecular flexibility index (Phi) is 5.85. The van der Waals surface area contributed by atoms with E-state index in [-0.39, 0.29) is 25.5 Å². The third-order valence-corrected chi connectivity index (χ3v) is 2.68. The minimum Gasteiger partial charge on any atom is -0.484 e. The molecular weight excluding hydrogens is 246 g/mol. The number of hydrogen-bond acceptors (Lipinski definition) is 3. The molecule has 5 nitrogen and oxygen atoms in total. The van der Waals surface area contributed by atoms with E-state index in [2.05, 4.69) is 0 Å². The van der Waals surface area contributed by atoms with Gasteiger partial charge in [-0.25, -0.2) is 0 Å². The summed E-state index contributed by atoms with van der Waals surface area (Å²) in [5, 5.41) is 8.61. The van der Waals surface area contributed by atoms with E-state index in [1.165, 1.54) is 4.90 Å². The van der Waals surface area contributed by atoms with E-state index >= 15 is 0 Å². The second-order valence-electron chi connectivity index (χ2n) is 4.22. The molecule has 1 aromatic carbocycles. The molecule has 5 heteroatoms. The van der Waals surface area contributed by atoms with Crippen LogP contribution in [0.25, 0.3) is 0 Å². The quantitative estimate of drug-likeness (QED) is 0.814. The first-order chi connectivity index (χ1) is 9.02. The lowest BCUT2D eigenvalue weighted by atomic mass is 10.2. The van der Waals surface area contributed by atoms with Gasteiger partial charge in [0.05, 0.1) is 6.42 Å². The van der Waals surface area contributed by atoms with E-state index in [4.69, 9.17) is 9.84 Å². The molecule has 0 aliphatic carbocycles. The first kappa shape index (κ1) is 15.0. The van der Waals surface area contributed by atoms with Crippen molar-refractivity contribution in [3.05, 3.63) is 29.8 Å². The molecule has 19 heavy (non-hydrogen) atoms. The summed E-state index contributed by atoms with van der Waals surface area (Å²) in [4.78, 5) is 23.8. The van der Waals surface area contributed by atoms with Crippen molar-refractivity contribution in [1.82, 2.24) is 4.90 Å². The van der Waals surface area contributed by atoms with E-state index in [1.807, 2.05) is 32.0 Å². The van der Waals surface area contributed by atoms with Crippen LogP contribution in [0.1, 0.15) is 18.9 Å². The molecule has 0 aromatic heterocycles. The number of nitrogens with zero attached hydrogens (tertiary/aromatic N) is 1. The molecular formula is C14H19NO4. The van der Waals surface area contributed by atoms with Gasteiger partial charge in [-0.05, 0) is 31.5 Å². The van der Waals surface area contributed by atoms with Crippen LogP contribution in [-0.2, 0) is 9.59 Å². The Bertz CT molecular complexity index is 445. The van der Waals surface area contributed by atoms with Gasteiger partial charge in [-0.3, -0.25) is 9.59 Å². The van der Waals surface area contributed by atoms with Crippen LogP contribution in [0.5, 0.6) is 5.75 Å². The lowest BCUT2D eigenvalue weighted by Crippen LogP contribution is -2.36. The van der Waals surface area contributed by atoms with E-state index < -0.39 is 5.97 Å². The SMILES string of the molecule is CCN(CCC(=O)O)C(=O)COc1cccc(C)c1. The van der Waals surface area contributed by atoms with Crippen LogP contribution < -0.4 is 4.74 Å². The summed E-state index contributed by atoms with van der Waals surface area (Å²) in [5.74, 6) is -0.473. The van der Waals surface area contributed by atoms with E-state index in [0.29, 0.717) is 12.3 Å². The lowest BCUT2D eigenvalue weighted by Gasteiger charge is -2.20. The van der Waals surface area contributed by atoms with Gasteiger partial charge in [-0.1, -0.05) is 12.1 Å². The summed E-state index contributed by atoms with van der Waals surface area (Å²) < 4.78 is 5.40. The average Bonchev–Trinajstić information content (AvgIpc) is 2.37. The lowest BCUT2D eigenvalue weighted by molar-refractivity contribution is -0.139. The van der Waals surface area contributed by atoms with Crippen molar-refractivity contribution in [2.75, 3.05) is 19.7 Å². The summed E-state index contributed by atoms with van der Waals surface area (Å²) in [6.07, 6.45) is -0.0516. The zero-order valence-electron chi connectivity index (χ0n) is 11.3. The molecule has 0 saturated heterocycles. The van der Waals surface area contributed by atoms with Crippen molar-refractivity contribution < 1.29 is 19.4 Å². The van der Waals surface area contributed by atoms with Crippen LogP contribution in [0.2, 0.25) is 0 Å². The van der Waals surface area contributed by atoms with E-state index in [9.17, 15) is 9.59 Å². The first-order valence-corrected chi connectivity index (χ1v) is 6.22. The molecule has 1 aromatic rings. The maximum atomic E-state index is 11.9. The smallest absolute Gasteiger partial charge is 0.305 e. The van der Waals surface area contributed by atoms with Crippen molar-refractivity contribution in [2.24, 2.45) is 0 Å². The molecule has 1 rings (SSSR count). The minimum atomic E-state index is -0.911. The van der Waals surface area contributed by atoms with Crippen LogP contribution in [0.3, 0.4) is 0 Å². The zero-order chi connectivity index (χ0) is 14.3. The van der Waals surface area contributed by atoms with Crippen LogP contribution in [0, 0.1) is 6.92 Å². The van der Waals surface area contributed by atoms with Gasteiger partial charge in [-0.15, -0.1) is 0 Å². The molecule has 104 valence electrons. The monoisotopic (exact) mass is 265 g/mol. The number of hydrogen-bond donors (Lipinski definition) is 1. The normalized spacial score (nSPS) is 10.0. The number of aryl methyl sites for hydroxylation is 1. The number of aliphatic carboxylic acids is 1. The highest BCUT2D eigenvalue weighted by Gasteiger charge is 2.13. The molecule has 0 unspecified atom stereocenters. The van der Waals surface area contributed by atoms with Gasteiger partial charge in [0.25, 0.3) is 5.91 Å². The van der Waals surface area contributed by atoms with E-state index in [1.54, 1.807) is 6.07 Å². The average molecular weight is 265 g/mol. The Labute approximate surface area is 112 Å². The Morgan fingerprint density at radius 2 is 2.11 bits per heavy atom. The number of likely N-dealkylation sites (N-methyl/N-ethyl adjacent to an activating group) is 1. The molecule has 0 saturated carbocycles. The van der Waals surface area contributed by atoms with E-state index in [0.717, 1.165) is 5.56 Å². The van der Waals surface area contributed by atoms with Gasteiger partial charge in [0.1, 0.15) is 5.75 Å². The number of amides is 1. The van der Waals surface area contributed by atoms with Gasteiger partial charge in [-0.2, -0.15) is 0 Å². The van der Waals surface area contributed by atoms with Gasteiger partial charge < -0.3 is 14.7 Å². The van der Waals surface area contributed by atoms with Crippen LogP contribution in [-0.4, -0.2) is 41.6 Å². The number of rotatable bonds is 7. The van der Waals surface area contributed by atoms with Crippen LogP contribution in [0.15, 0.2) is 24.3 Å². The fourth-order valence-electron chi connectivity index (χ4n) is 1.63. The van der Waals surface area contributed by atoms with Crippen molar-refractivity contribution in [3.63, 3.8) is 0 Å². The fourth-order valence-corrected chi connectivity index (χ4v) is 1.63. The second kappa shape index (κ2) is 7.41. The highest BCUT2D eigenvalue weighted by atomic mass is 16.5. The zero-order valence-corrected chi connectivity index (χ0v) is 11.3. The Morgan fingerprint density at radius 3 is 2.68 bits per heavy atom. The molecule has 1 amide bonds. The molecule has 0 bridgehead atoms. The molecule has 0 spiro atoms. The third kappa shape index (κ3) is 5.42. The second-order valence-corrected chi connectivity index (χ2v) is 4.22. The largest absolute Gasteiger partial charge is 0.484 e. The summed E-state index contributed by atoms with van der Waals surface area (Å²) in [7, 11) is 0. The Hall–Kier alpha value is -2.04. The predicted molar refractivity (Wildman–Crippen MR) is 71.2 cm³/mol. The van der Waals surface area contributed by atoms with Gasteiger partial charge in [0.2, 0.25) is 0 Å². The van der Waals surface area contributed by atoms with Crippen molar-refractivity contribution >= 4 is 11.9 Å². The molecule has 0 heterocycles. The number of carboxylic acids is 1. The highest BCUT2D eigenvalue weighted by Crippen LogP contribution is 2.12. The summed E-state index contributed by atoms with van der Waals surface area (Å²) in [6, 6.07) is 7.44. The summed E-state index contributed by atoms with van der Waals surface area (Å²) in [6.45, 7) is 4.37. The Balaban J connectivity index is 2.46. The number of ether oxygens (including phenoxy) is 1. The number of carbonyl (C=O) groups is 2. The fraction of sp³-hybridized carbons (Fsp3) is 0.429. The van der Waals surface area contributed by atoms with Crippen molar-refractivity contribution in [3.8, 4) is 5.75 Å².